The largest absolute Gasteiger partial charge is 0.368 e. The average molecular weight is 186 g/mol. The highest BCUT2D eigenvalue weighted by Gasteiger charge is 2.21. The first-order chi connectivity index (χ1) is 6.22. The van der Waals surface area contributed by atoms with E-state index in [-0.39, 0.29) is 0 Å². The minimum atomic E-state index is -0.528. The van der Waals surface area contributed by atoms with Crippen molar-refractivity contribution in [3.8, 4) is 0 Å². The molecule has 78 valence electrons. The smallest absolute Gasteiger partial charge is 0.154 e. The fourth-order valence-electron chi connectivity index (χ4n) is 2.04. The molecule has 0 spiro atoms. The Labute approximate surface area is 81.3 Å². The van der Waals surface area contributed by atoms with Crippen molar-refractivity contribution in [3.63, 3.8) is 0 Å². The molecule has 2 nitrogen and oxygen atoms in total. The summed E-state index contributed by atoms with van der Waals surface area (Å²) in [5.41, 5.74) is 0. The Bertz CT molecular complexity index is 136. The first-order valence-electron chi connectivity index (χ1n) is 5.56. The molecule has 1 aliphatic rings. The Kier molecular flexibility index (Phi) is 4.74. The molecule has 1 saturated carbocycles. The van der Waals surface area contributed by atoms with E-state index in [0.29, 0.717) is 6.10 Å². The predicted octanol–water partition coefficient (Wildman–Crippen LogP) is 2.70. The van der Waals surface area contributed by atoms with Crippen molar-refractivity contribution < 1.29 is 9.84 Å². The molecule has 0 amide bonds. The second kappa shape index (κ2) is 5.61. The van der Waals surface area contributed by atoms with Gasteiger partial charge in [0.1, 0.15) is 0 Å². The molecule has 0 aromatic carbocycles. The summed E-state index contributed by atoms with van der Waals surface area (Å²) in [7, 11) is 0. The normalized spacial score (nSPS) is 31.6. The summed E-state index contributed by atoms with van der Waals surface area (Å²) in [6, 6.07) is 0. The van der Waals surface area contributed by atoms with Crippen LogP contribution in [0.25, 0.3) is 0 Å². The van der Waals surface area contributed by atoms with Crippen LogP contribution in [-0.4, -0.2) is 17.5 Å². The highest BCUT2D eigenvalue weighted by atomic mass is 16.6. The third kappa shape index (κ3) is 4.10. The Morgan fingerprint density at radius 1 is 1.46 bits per heavy atom. The third-order valence-electron chi connectivity index (χ3n) is 2.77. The Morgan fingerprint density at radius 2 is 2.23 bits per heavy atom. The summed E-state index contributed by atoms with van der Waals surface area (Å²) >= 11 is 0. The van der Waals surface area contributed by atoms with Crippen molar-refractivity contribution in [1.29, 1.82) is 0 Å². The van der Waals surface area contributed by atoms with Crippen molar-refractivity contribution in [1.82, 2.24) is 0 Å². The fraction of sp³-hybridized carbons (Fsp3) is 1.00. The molecular weight excluding hydrogens is 164 g/mol. The van der Waals surface area contributed by atoms with E-state index in [4.69, 9.17) is 4.74 Å². The number of rotatable bonds is 4. The molecule has 3 unspecified atom stereocenters. The van der Waals surface area contributed by atoms with E-state index in [1.54, 1.807) is 0 Å². The van der Waals surface area contributed by atoms with Gasteiger partial charge in [-0.05, 0) is 25.2 Å². The fourth-order valence-corrected chi connectivity index (χ4v) is 2.04. The standard InChI is InChI=1S/C11H22O2/c1-3-5-11(12)13-10-7-4-6-9(2)8-10/h9-12H,3-8H2,1-2H3. The topological polar surface area (TPSA) is 29.5 Å². The highest BCUT2D eigenvalue weighted by Crippen LogP contribution is 2.26. The summed E-state index contributed by atoms with van der Waals surface area (Å²) in [6.07, 6.45) is 6.37. The summed E-state index contributed by atoms with van der Waals surface area (Å²) in [5, 5.41) is 9.47. The van der Waals surface area contributed by atoms with Crippen LogP contribution in [0.5, 0.6) is 0 Å². The van der Waals surface area contributed by atoms with Crippen molar-refractivity contribution >= 4 is 0 Å². The lowest BCUT2D eigenvalue weighted by Gasteiger charge is -2.28. The van der Waals surface area contributed by atoms with Crippen LogP contribution < -0.4 is 0 Å². The van der Waals surface area contributed by atoms with E-state index < -0.39 is 6.29 Å². The van der Waals surface area contributed by atoms with Crippen LogP contribution in [0.1, 0.15) is 52.4 Å². The molecule has 0 aromatic rings. The van der Waals surface area contributed by atoms with E-state index in [1.165, 1.54) is 12.8 Å². The average Bonchev–Trinajstić information content (AvgIpc) is 2.04. The predicted molar refractivity (Wildman–Crippen MR) is 53.4 cm³/mol. The van der Waals surface area contributed by atoms with Gasteiger partial charge in [-0.25, -0.2) is 0 Å². The van der Waals surface area contributed by atoms with Gasteiger partial charge in [-0.2, -0.15) is 0 Å². The second-order valence-corrected chi connectivity index (χ2v) is 4.27. The van der Waals surface area contributed by atoms with Gasteiger partial charge in [-0.3, -0.25) is 0 Å². The molecule has 1 fully saturated rings. The van der Waals surface area contributed by atoms with Crippen LogP contribution in [0.3, 0.4) is 0 Å². The maximum atomic E-state index is 9.47. The summed E-state index contributed by atoms with van der Waals surface area (Å²) in [4.78, 5) is 0. The molecule has 0 aliphatic heterocycles. The molecular formula is C11H22O2. The van der Waals surface area contributed by atoms with Crippen molar-refractivity contribution in [2.24, 2.45) is 5.92 Å². The van der Waals surface area contributed by atoms with Gasteiger partial charge in [0.15, 0.2) is 6.29 Å². The minimum Gasteiger partial charge on any atom is -0.368 e. The van der Waals surface area contributed by atoms with Crippen LogP contribution in [0.15, 0.2) is 0 Å². The molecule has 1 N–H and O–H groups in total. The molecule has 1 rings (SSSR count). The lowest BCUT2D eigenvalue weighted by Crippen LogP contribution is -2.26. The van der Waals surface area contributed by atoms with E-state index >= 15 is 0 Å². The van der Waals surface area contributed by atoms with Gasteiger partial charge < -0.3 is 9.84 Å². The summed E-state index contributed by atoms with van der Waals surface area (Å²) in [5.74, 6) is 0.771. The molecule has 1 aliphatic carbocycles. The quantitative estimate of drug-likeness (QED) is 0.684. The maximum Gasteiger partial charge on any atom is 0.154 e. The zero-order valence-corrected chi connectivity index (χ0v) is 8.83. The highest BCUT2D eigenvalue weighted by molar-refractivity contribution is 4.70. The van der Waals surface area contributed by atoms with Gasteiger partial charge in [0.05, 0.1) is 6.10 Å². The number of hydrogen-bond donors (Lipinski definition) is 1. The van der Waals surface area contributed by atoms with Gasteiger partial charge in [0.2, 0.25) is 0 Å². The van der Waals surface area contributed by atoms with Gasteiger partial charge in [-0.15, -0.1) is 0 Å². The van der Waals surface area contributed by atoms with Crippen LogP contribution in [-0.2, 0) is 4.74 Å². The van der Waals surface area contributed by atoms with E-state index in [0.717, 1.165) is 31.6 Å². The summed E-state index contributed by atoms with van der Waals surface area (Å²) in [6.45, 7) is 4.33. The van der Waals surface area contributed by atoms with Crippen molar-refractivity contribution in [2.75, 3.05) is 0 Å². The number of aliphatic hydroxyl groups is 1. The Balaban J connectivity index is 2.19. The third-order valence-corrected chi connectivity index (χ3v) is 2.77. The second-order valence-electron chi connectivity index (χ2n) is 4.27. The van der Waals surface area contributed by atoms with Crippen molar-refractivity contribution in [2.45, 2.75) is 64.8 Å². The number of hydrogen-bond acceptors (Lipinski definition) is 2. The van der Waals surface area contributed by atoms with Crippen LogP contribution >= 0.6 is 0 Å². The molecule has 2 heteroatoms. The molecule has 0 aromatic heterocycles. The van der Waals surface area contributed by atoms with E-state index in [2.05, 4.69) is 13.8 Å². The molecule has 13 heavy (non-hydrogen) atoms. The van der Waals surface area contributed by atoms with Gasteiger partial charge >= 0.3 is 0 Å². The summed E-state index contributed by atoms with van der Waals surface area (Å²) < 4.78 is 5.56. The zero-order valence-electron chi connectivity index (χ0n) is 8.83. The first kappa shape index (κ1) is 11.0. The molecule has 0 radical (unpaired) electrons. The number of aliphatic hydroxyl groups excluding tert-OH is 1. The Morgan fingerprint density at radius 3 is 2.85 bits per heavy atom. The van der Waals surface area contributed by atoms with Gasteiger partial charge in [-0.1, -0.05) is 33.1 Å². The lowest BCUT2D eigenvalue weighted by atomic mass is 9.89. The molecule has 0 bridgehead atoms. The first-order valence-corrected chi connectivity index (χ1v) is 5.56. The number of ether oxygens (including phenoxy) is 1. The maximum absolute atomic E-state index is 9.47. The zero-order chi connectivity index (χ0) is 9.68. The van der Waals surface area contributed by atoms with Crippen LogP contribution in [0, 0.1) is 5.92 Å². The monoisotopic (exact) mass is 186 g/mol. The molecule has 3 atom stereocenters. The minimum absolute atomic E-state index is 0.310. The van der Waals surface area contributed by atoms with Gasteiger partial charge in [0, 0.05) is 0 Å². The molecule has 0 heterocycles. The van der Waals surface area contributed by atoms with Crippen molar-refractivity contribution in [3.05, 3.63) is 0 Å². The van der Waals surface area contributed by atoms with Crippen LogP contribution in [0.4, 0.5) is 0 Å². The van der Waals surface area contributed by atoms with Gasteiger partial charge in [0.25, 0.3) is 0 Å². The lowest BCUT2D eigenvalue weighted by molar-refractivity contribution is -0.150. The van der Waals surface area contributed by atoms with E-state index in [1.807, 2.05) is 0 Å². The molecule has 0 saturated heterocycles. The van der Waals surface area contributed by atoms with E-state index in [9.17, 15) is 5.11 Å². The SMILES string of the molecule is CCCC(O)OC1CCCC(C)C1. The van der Waals surface area contributed by atoms with Crippen LogP contribution in [0.2, 0.25) is 0 Å². The Hall–Kier alpha value is -0.0800.